The lowest BCUT2D eigenvalue weighted by atomic mass is 10.0. The minimum absolute atomic E-state index is 0.123. The lowest BCUT2D eigenvalue weighted by Crippen LogP contribution is -2.51. The van der Waals surface area contributed by atoms with Gasteiger partial charge < -0.3 is 49.3 Å². The first kappa shape index (κ1) is 40.2. The number of nitrogens with one attached hydrogen (secondary N) is 4. The molecule has 60 heavy (non-hydrogen) atoms. The molecule has 5 heterocycles. The molecule has 5 aromatic rings. The van der Waals surface area contributed by atoms with Gasteiger partial charge in [-0.15, -0.1) is 0 Å². The highest BCUT2D eigenvalue weighted by Crippen LogP contribution is 2.48. The molecule has 2 aromatic heterocycles. The van der Waals surface area contributed by atoms with Crippen LogP contribution in [0.1, 0.15) is 77.1 Å². The van der Waals surface area contributed by atoms with Crippen molar-refractivity contribution in [3.05, 3.63) is 72.4 Å². The van der Waals surface area contributed by atoms with Gasteiger partial charge in [0, 0.05) is 18.7 Å². The highest BCUT2D eigenvalue weighted by atomic mass is 16.6. The van der Waals surface area contributed by atoms with E-state index in [1.54, 1.807) is 16.0 Å². The minimum atomic E-state index is -0.714. The number of fused-ring (bicyclic) bond motifs is 3. The summed E-state index contributed by atoms with van der Waals surface area (Å²) in [5.41, 5.74) is 5.11. The maximum absolute atomic E-state index is 13.7. The van der Waals surface area contributed by atoms with Gasteiger partial charge in [-0.1, -0.05) is 39.8 Å². The van der Waals surface area contributed by atoms with E-state index < -0.39 is 24.3 Å². The Morgan fingerprint density at radius 2 is 1.20 bits per heavy atom. The molecule has 3 aliphatic heterocycles. The van der Waals surface area contributed by atoms with Gasteiger partial charge in [-0.2, -0.15) is 0 Å². The van der Waals surface area contributed by atoms with E-state index in [1.807, 2.05) is 82.3 Å². The number of H-pyrrole nitrogens is 2. The number of alkyl carbamates (subject to hydrolysis) is 2. The van der Waals surface area contributed by atoms with E-state index >= 15 is 0 Å². The van der Waals surface area contributed by atoms with Crippen LogP contribution in [0.25, 0.3) is 33.4 Å². The van der Waals surface area contributed by atoms with Crippen LogP contribution < -0.4 is 20.1 Å². The Kier molecular flexibility index (Phi) is 11.1. The van der Waals surface area contributed by atoms with Gasteiger partial charge >= 0.3 is 12.2 Å². The molecule has 4 amide bonds. The SMILES string of the molecule is COC(=O)N[C@H](C(=O)N1CCC[C@H]1c1ncc(-c2ccc3c(c2)Oc2ccc(-c4ccc5nc([C@@H]6CCCN6C(=O)[C@@H](NC(=O)OC)C(C)C)[nH]c5c4)cc2O3)[nH]1)C(C)C. The third-order valence-electron chi connectivity index (χ3n) is 11.6. The summed E-state index contributed by atoms with van der Waals surface area (Å²) in [6.07, 6.45) is 3.64. The van der Waals surface area contributed by atoms with Gasteiger partial charge in [-0.25, -0.2) is 19.6 Å². The minimum Gasteiger partial charge on any atom is -0.453 e. The van der Waals surface area contributed by atoms with E-state index in [4.69, 9.17) is 23.9 Å². The summed E-state index contributed by atoms with van der Waals surface area (Å²) in [4.78, 5) is 71.3. The Hall–Kier alpha value is -6.58. The summed E-state index contributed by atoms with van der Waals surface area (Å²) < 4.78 is 22.3. The third kappa shape index (κ3) is 7.80. The van der Waals surface area contributed by atoms with Crippen molar-refractivity contribution in [2.75, 3.05) is 27.3 Å². The average molecular weight is 819 g/mol. The van der Waals surface area contributed by atoms with Crippen molar-refractivity contribution >= 4 is 35.0 Å². The molecule has 2 saturated heterocycles. The van der Waals surface area contributed by atoms with Crippen molar-refractivity contribution in [2.45, 2.75) is 77.5 Å². The first-order valence-electron chi connectivity index (χ1n) is 20.4. The second kappa shape index (κ2) is 16.6. The van der Waals surface area contributed by atoms with Crippen LogP contribution in [-0.4, -0.2) is 93.1 Å². The first-order chi connectivity index (χ1) is 28.9. The van der Waals surface area contributed by atoms with E-state index in [0.717, 1.165) is 59.1 Å². The van der Waals surface area contributed by atoms with Crippen LogP contribution in [0.3, 0.4) is 0 Å². The van der Waals surface area contributed by atoms with Gasteiger partial charge in [0.1, 0.15) is 23.7 Å². The van der Waals surface area contributed by atoms with Gasteiger partial charge in [-0.3, -0.25) is 9.59 Å². The maximum atomic E-state index is 13.7. The molecule has 16 nitrogen and oxygen atoms in total. The standard InChI is InChI=1S/C44H50N8O8/c1-23(2)37(49-43(55)57-5)41(53)51-17-7-9-31(51)39-45-22-30(48-39)27-13-16-34-36(21-27)60-33-15-12-26(20-35(33)59-34)25-11-14-28-29(19-25)47-40(46-28)32-10-8-18-52(32)42(54)38(24(3)4)50-44(56)58-6/h11-16,19-24,31-32,37-38H,7-10,17-18H2,1-6H3,(H,45,48)(H,46,47)(H,49,55)(H,50,56)/t31-,32-,37-,38-/m0/s1. The lowest BCUT2D eigenvalue weighted by molar-refractivity contribution is -0.136. The van der Waals surface area contributed by atoms with Gasteiger partial charge in [0.2, 0.25) is 11.8 Å². The molecule has 3 aromatic carbocycles. The number of imidazole rings is 2. The predicted octanol–water partition coefficient (Wildman–Crippen LogP) is 7.61. The number of aromatic nitrogens is 4. The fraction of sp³-hybridized carbons (Fsp3) is 0.409. The summed E-state index contributed by atoms with van der Waals surface area (Å²) >= 11 is 0. The molecular formula is C44H50N8O8. The zero-order valence-corrected chi connectivity index (χ0v) is 34.5. The van der Waals surface area contributed by atoms with Crippen molar-refractivity contribution in [3.8, 4) is 45.4 Å². The quantitative estimate of drug-likeness (QED) is 0.107. The first-order valence-corrected chi connectivity index (χ1v) is 20.4. The molecule has 0 saturated carbocycles. The summed E-state index contributed by atoms with van der Waals surface area (Å²) in [7, 11) is 2.57. The van der Waals surface area contributed by atoms with Gasteiger partial charge in [0.25, 0.3) is 0 Å². The average Bonchev–Trinajstić information content (AvgIpc) is 4.09. The van der Waals surface area contributed by atoms with Crippen LogP contribution in [0.15, 0.2) is 60.8 Å². The molecule has 0 unspecified atom stereocenters. The van der Waals surface area contributed by atoms with Crippen LogP contribution in [0.2, 0.25) is 0 Å². The fourth-order valence-electron chi connectivity index (χ4n) is 8.33. The summed E-state index contributed by atoms with van der Waals surface area (Å²) in [6, 6.07) is 15.6. The zero-order chi connectivity index (χ0) is 42.2. The van der Waals surface area contributed by atoms with Crippen molar-refractivity contribution in [1.29, 1.82) is 0 Å². The van der Waals surface area contributed by atoms with Crippen LogP contribution >= 0.6 is 0 Å². The molecule has 314 valence electrons. The highest BCUT2D eigenvalue weighted by molar-refractivity contribution is 5.88. The van der Waals surface area contributed by atoms with Crippen molar-refractivity contribution in [1.82, 2.24) is 40.4 Å². The molecule has 8 rings (SSSR count). The number of hydrogen-bond donors (Lipinski definition) is 4. The lowest BCUT2D eigenvalue weighted by Gasteiger charge is -2.30. The van der Waals surface area contributed by atoms with E-state index in [0.29, 0.717) is 47.7 Å². The van der Waals surface area contributed by atoms with E-state index in [-0.39, 0.29) is 35.7 Å². The molecule has 2 fully saturated rings. The second-order valence-electron chi connectivity index (χ2n) is 16.2. The van der Waals surface area contributed by atoms with Crippen molar-refractivity contribution in [3.63, 3.8) is 0 Å². The number of methoxy groups -OCH3 is 2. The van der Waals surface area contributed by atoms with Crippen LogP contribution in [0.5, 0.6) is 23.0 Å². The number of rotatable bonds is 10. The van der Waals surface area contributed by atoms with E-state index in [2.05, 4.69) is 25.6 Å². The number of carbonyl (C=O) groups excluding carboxylic acids is 4. The maximum Gasteiger partial charge on any atom is 0.407 e. The number of benzene rings is 3. The number of amides is 4. The number of hydrogen-bond acceptors (Lipinski definition) is 10. The van der Waals surface area contributed by atoms with Crippen molar-refractivity contribution < 1.29 is 38.1 Å². The van der Waals surface area contributed by atoms with E-state index in [9.17, 15) is 19.2 Å². The number of aromatic amines is 2. The molecule has 0 radical (unpaired) electrons. The van der Waals surface area contributed by atoms with Gasteiger partial charge in [0.05, 0.1) is 49.2 Å². The Balaban J connectivity index is 0.961. The summed E-state index contributed by atoms with van der Waals surface area (Å²) in [6.45, 7) is 8.71. The second-order valence-corrected chi connectivity index (χ2v) is 16.2. The van der Waals surface area contributed by atoms with Crippen LogP contribution in [0, 0.1) is 11.8 Å². The molecule has 0 bridgehead atoms. The Morgan fingerprint density at radius 3 is 1.77 bits per heavy atom. The number of likely N-dealkylation sites (tertiary alicyclic amines) is 2. The molecular weight excluding hydrogens is 769 g/mol. The van der Waals surface area contributed by atoms with Crippen LogP contribution in [-0.2, 0) is 19.1 Å². The molecule has 4 atom stereocenters. The Labute approximate surface area is 347 Å². The Morgan fingerprint density at radius 1 is 0.683 bits per heavy atom. The molecule has 0 spiro atoms. The number of carbonyl (C=O) groups is 4. The normalized spacial score (nSPS) is 18.1. The summed E-state index contributed by atoms with van der Waals surface area (Å²) in [5, 5.41) is 5.39. The number of ether oxygens (including phenoxy) is 4. The smallest absolute Gasteiger partial charge is 0.407 e. The third-order valence-corrected chi connectivity index (χ3v) is 11.6. The topological polar surface area (TPSA) is 193 Å². The molecule has 3 aliphatic rings. The predicted molar refractivity (Wildman–Crippen MR) is 221 cm³/mol. The van der Waals surface area contributed by atoms with E-state index in [1.165, 1.54) is 14.2 Å². The van der Waals surface area contributed by atoms with Gasteiger partial charge in [0.15, 0.2) is 23.0 Å². The zero-order valence-electron chi connectivity index (χ0n) is 34.5. The molecule has 0 aliphatic carbocycles. The molecule has 16 heteroatoms. The Bertz CT molecular complexity index is 2440. The fourth-order valence-corrected chi connectivity index (χ4v) is 8.33. The monoisotopic (exact) mass is 818 g/mol. The van der Waals surface area contributed by atoms with Crippen molar-refractivity contribution in [2.24, 2.45) is 11.8 Å². The summed E-state index contributed by atoms with van der Waals surface area (Å²) in [5.74, 6) is 3.09. The van der Waals surface area contributed by atoms with Gasteiger partial charge in [-0.05, 0) is 91.1 Å². The van der Waals surface area contributed by atoms with Crippen LogP contribution in [0.4, 0.5) is 9.59 Å². The number of nitrogens with zero attached hydrogens (tertiary/aromatic N) is 4. The largest absolute Gasteiger partial charge is 0.453 e. The molecule has 4 N–H and O–H groups in total. The highest BCUT2D eigenvalue weighted by Gasteiger charge is 2.39.